The fraction of sp³-hybridized carbons (Fsp3) is 0.949. The normalized spacial score (nSPS) is 13.8. The van der Waals surface area contributed by atoms with Crippen LogP contribution in [-0.4, -0.2) is 96.7 Å². The van der Waals surface area contributed by atoms with Crippen molar-refractivity contribution < 1.29 is 80.2 Å². The first-order chi connectivity index (χ1) is 47.2. The maximum Gasteiger partial charge on any atom is 0.472 e. The zero-order valence-corrected chi connectivity index (χ0v) is 64.8. The molecule has 0 saturated carbocycles. The smallest absolute Gasteiger partial charge is 0.462 e. The monoisotopic (exact) mass is 1420 g/mol. The number of aliphatic hydroxyl groups excluding tert-OH is 1. The van der Waals surface area contributed by atoms with Crippen molar-refractivity contribution >= 4 is 39.5 Å². The van der Waals surface area contributed by atoms with Gasteiger partial charge in [-0.05, 0) is 25.7 Å². The molecule has 0 aliphatic rings. The summed E-state index contributed by atoms with van der Waals surface area (Å²) < 4.78 is 68.7. The van der Waals surface area contributed by atoms with Crippen LogP contribution in [0.3, 0.4) is 0 Å². The first kappa shape index (κ1) is 95.1. The second kappa shape index (κ2) is 72.4. The minimum Gasteiger partial charge on any atom is -0.462 e. The standard InChI is InChI=1S/C78H152O17P2/c1-5-9-13-17-21-25-29-33-35-36-37-41-45-49-53-57-61-65-78(83)95-74(69-89-76(81)63-59-55-51-47-43-40-34-30-26-22-18-14-10-6-2)71-93-97(86,87)91-67-72(79)66-90-96(84,85)92-70-73(94-77(82)64-60-56-52-48-44-39-32-28-24-20-16-12-8-4)68-88-75(80)62-58-54-50-46-42-38-31-27-23-19-15-11-7-3/h72-74,79H,5-71H2,1-4H3,(H,84,85)(H,86,87)/t72-,73+,74+/m0/s1. The molecule has 0 heterocycles. The SMILES string of the molecule is CCCCCCCCCCCCCCCCCCCC(=O)O[C@H](COC(=O)CCCCCCCCCCCCCCCC)COP(=O)(O)OC[C@@H](O)COP(=O)(O)OC[C@@H](COC(=O)CCCCCCCCCCCCCCC)OC(=O)CCCCCCCCCCCCCCC. The third kappa shape index (κ3) is 72.2. The molecule has 0 bridgehead atoms. The lowest BCUT2D eigenvalue weighted by Gasteiger charge is -2.21. The van der Waals surface area contributed by atoms with Crippen LogP contribution >= 0.6 is 15.6 Å². The molecule has 576 valence electrons. The van der Waals surface area contributed by atoms with Gasteiger partial charge < -0.3 is 33.8 Å². The van der Waals surface area contributed by atoms with Gasteiger partial charge in [0.2, 0.25) is 0 Å². The average molecular weight is 1420 g/mol. The number of phosphoric ester groups is 2. The van der Waals surface area contributed by atoms with Gasteiger partial charge in [0.05, 0.1) is 26.4 Å². The molecular weight excluding hydrogens is 1270 g/mol. The zero-order valence-electron chi connectivity index (χ0n) is 63.1. The molecular formula is C78H152O17P2. The molecule has 97 heavy (non-hydrogen) atoms. The predicted molar refractivity (Wildman–Crippen MR) is 395 cm³/mol. The topological polar surface area (TPSA) is 237 Å². The molecule has 0 saturated heterocycles. The molecule has 0 spiro atoms. The van der Waals surface area contributed by atoms with Crippen molar-refractivity contribution in [3.63, 3.8) is 0 Å². The van der Waals surface area contributed by atoms with E-state index in [9.17, 15) is 43.2 Å². The van der Waals surface area contributed by atoms with E-state index in [4.69, 9.17) is 37.0 Å². The molecule has 0 fully saturated rings. The van der Waals surface area contributed by atoms with Crippen molar-refractivity contribution in [1.82, 2.24) is 0 Å². The summed E-state index contributed by atoms with van der Waals surface area (Å²) in [5.41, 5.74) is 0. The summed E-state index contributed by atoms with van der Waals surface area (Å²) in [6, 6.07) is 0. The number of carbonyl (C=O) groups excluding carboxylic acids is 4. The first-order valence-corrected chi connectivity index (χ1v) is 43.8. The fourth-order valence-electron chi connectivity index (χ4n) is 12.1. The molecule has 0 rings (SSSR count). The van der Waals surface area contributed by atoms with Crippen LogP contribution in [0.2, 0.25) is 0 Å². The minimum absolute atomic E-state index is 0.109. The van der Waals surface area contributed by atoms with Crippen molar-refractivity contribution in [3.8, 4) is 0 Å². The predicted octanol–water partition coefficient (Wildman–Crippen LogP) is 23.4. The number of hydrogen-bond acceptors (Lipinski definition) is 15. The summed E-state index contributed by atoms with van der Waals surface area (Å²) in [7, 11) is -9.91. The highest BCUT2D eigenvalue weighted by molar-refractivity contribution is 7.47. The van der Waals surface area contributed by atoms with Crippen LogP contribution in [0.4, 0.5) is 0 Å². The minimum atomic E-state index is -4.96. The van der Waals surface area contributed by atoms with E-state index in [1.165, 1.54) is 250 Å². The van der Waals surface area contributed by atoms with Gasteiger partial charge in [-0.3, -0.25) is 37.3 Å². The number of carbonyl (C=O) groups is 4. The van der Waals surface area contributed by atoms with E-state index >= 15 is 0 Å². The van der Waals surface area contributed by atoms with Crippen LogP contribution < -0.4 is 0 Å². The summed E-state index contributed by atoms with van der Waals surface area (Å²) in [5, 5.41) is 10.6. The van der Waals surface area contributed by atoms with Gasteiger partial charge in [-0.1, -0.05) is 368 Å². The summed E-state index contributed by atoms with van der Waals surface area (Å²) in [4.78, 5) is 72.9. The van der Waals surface area contributed by atoms with Crippen LogP contribution in [0.25, 0.3) is 0 Å². The molecule has 0 aliphatic carbocycles. The van der Waals surface area contributed by atoms with Gasteiger partial charge in [0.15, 0.2) is 12.2 Å². The Hall–Kier alpha value is -1.94. The Morgan fingerprint density at radius 1 is 0.247 bits per heavy atom. The van der Waals surface area contributed by atoms with Gasteiger partial charge >= 0.3 is 39.5 Å². The first-order valence-electron chi connectivity index (χ1n) is 40.8. The van der Waals surface area contributed by atoms with Crippen molar-refractivity contribution in [1.29, 1.82) is 0 Å². The molecule has 3 N–H and O–H groups in total. The molecule has 0 radical (unpaired) electrons. The van der Waals surface area contributed by atoms with Crippen LogP contribution in [0, 0.1) is 0 Å². The van der Waals surface area contributed by atoms with E-state index in [0.29, 0.717) is 25.7 Å². The molecule has 2 unspecified atom stereocenters. The maximum atomic E-state index is 13.1. The van der Waals surface area contributed by atoms with Gasteiger partial charge in [0.25, 0.3) is 0 Å². The van der Waals surface area contributed by atoms with Crippen LogP contribution in [0.5, 0.6) is 0 Å². The van der Waals surface area contributed by atoms with Gasteiger partial charge in [0, 0.05) is 25.7 Å². The second-order valence-corrected chi connectivity index (χ2v) is 31.0. The van der Waals surface area contributed by atoms with Crippen molar-refractivity contribution in [3.05, 3.63) is 0 Å². The number of hydrogen-bond donors (Lipinski definition) is 3. The van der Waals surface area contributed by atoms with Gasteiger partial charge in [0.1, 0.15) is 19.3 Å². The van der Waals surface area contributed by atoms with Gasteiger partial charge in [-0.15, -0.1) is 0 Å². The maximum absolute atomic E-state index is 13.1. The fourth-order valence-corrected chi connectivity index (χ4v) is 13.7. The molecule has 0 amide bonds. The summed E-state index contributed by atoms with van der Waals surface area (Å²) in [6.45, 7) is 5.02. The van der Waals surface area contributed by atoms with Crippen molar-refractivity contribution in [2.24, 2.45) is 0 Å². The second-order valence-electron chi connectivity index (χ2n) is 28.1. The largest absolute Gasteiger partial charge is 0.472 e. The zero-order chi connectivity index (χ0) is 71.1. The number of ether oxygens (including phenoxy) is 4. The van der Waals surface area contributed by atoms with Crippen molar-refractivity contribution in [2.45, 2.75) is 438 Å². The third-order valence-electron chi connectivity index (χ3n) is 18.4. The molecule has 0 aromatic heterocycles. The number of unbranched alkanes of at least 4 members (excludes halogenated alkanes) is 53. The highest BCUT2D eigenvalue weighted by Crippen LogP contribution is 2.45. The third-order valence-corrected chi connectivity index (χ3v) is 20.3. The van der Waals surface area contributed by atoms with E-state index < -0.39 is 97.5 Å². The molecule has 19 heteroatoms. The van der Waals surface area contributed by atoms with E-state index in [0.717, 1.165) is 89.9 Å². The lowest BCUT2D eigenvalue weighted by Crippen LogP contribution is -2.30. The van der Waals surface area contributed by atoms with Crippen molar-refractivity contribution in [2.75, 3.05) is 39.6 Å². The average Bonchev–Trinajstić information content (AvgIpc) is 2.11. The lowest BCUT2D eigenvalue weighted by atomic mass is 10.0. The van der Waals surface area contributed by atoms with E-state index in [1.54, 1.807) is 0 Å². The Bertz CT molecular complexity index is 1840. The molecule has 0 aliphatic heterocycles. The lowest BCUT2D eigenvalue weighted by molar-refractivity contribution is -0.161. The van der Waals surface area contributed by atoms with Gasteiger partial charge in [-0.2, -0.15) is 0 Å². The van der Waals surface area contributed by atoms with E-state index in [1.807, 2.05) is 0 Å². The van der Waals surface area contributed by atoms with Gasteiger partial charge in [-0.25, -0.2) is 9.13 Å². The van der Waals surface area contributed by atoms with Crippen LogP contribution in [0.15, 0.2) is 0 Å². The Morgan fingerprint density at radius 3 is 0.608 bits per heavy atom. The number of esters is 4. The highest BCUT2D eigenvalue weighted by atomic mass is 31.2. The number of rotatable bonds is 79. The quantitative estimate of drug-likeness (QED) is 0.0222. The Morgan fingerprint density at radius 2 is 0.412 bits per heavy atom. The molecule has 17 nitrogen and oxygen atoms in total. The highest BCUT2D eigenvalue weighted by Gasteiger charge is 2.30. The van der Waals surface area contributed by atoms with Crippen LogP contribution in [-0.2, 0) is 65.4 Å². The molecule has 0 aromatic rings. The molecule has 0 aromatic carbocycles. The number of aliphatic hydroxyl groups is 1. The summed E-state index contributed by atoms with van der Waals surface area (Å²) >= 11 is 0. The number of phosphoric acid groups is 2. The van der Waals surface area contributed by atoms with E-state index in [2.05, 4.69) is 27.7 Å². The Labute approximate surface area is 594 Å². The van der Waals surface area contributed by atoms with E-state index in [-0.39, 0.29) is 25.7 Å². The Kier molecular flexibility index (Phi) is 71.0. The summed E-state index contributed by atoms with van der Waals surface area (Å²) in [6.07, 6.45) is 63.6. The molecule has 5 atom stereocenters. The summed E-state index contributed by atoms with van der Waals surface area (Å²) in [5.74, 6) is -2.10. The van der Waals surface area contributed by atoms with Crippen LogP contribution in [0.1, 0.15) is 419 Å². The Balaban J connectivity index is 5.25.